The molecule has 0 aliphatic rings. The van der Waals surface area contributed by atoms with Crippen molar-refractivity contribution in [2.75, 3.05) is 32.7 Å². The summed E-state index contributed by atoms with van der Waals surface area (Å²) in [6.07, 6.45) is 1.44. The van der Waals surface area contributed by atoms with Gasteiger partial charge in [0.15, 0.2) is 5.96 Å². The van der Waals surface area contributed by atoms with Crippen LogP contribution in [-0.4, -0.2) is 54.7 Å². The zero-order valence-corrected chi connectivity index (χ0v) is 19.4. The number of benzene rings is 1. The van der Waals surface area contributed by atoms with Crippen molar-refractivity contribution in [2.45, 2.75) is 52.7 Å². The standard InChI is InChI=1S/C20H35FN4O.HI/c1-5-22-20(24-16(4)9-8-14-25(6-2)7-3)23-15-19(26)17-10-12-18(21)13-11-17;/h10-13,16,19,26H,5-9,14-15H2,1-4H3,(H2,22,23,24);1H. The van der Waals surface area contributed by atoms with Crippen LogP contribution in [0.5, 0.6) is 0 Å². The Balaban J connectivity index is 0.00000676. The minimum Gasteiger partial charge on any atom is -0.386 e. The maximum atomic E-state index is 13.0. The van der Waals surface area contributed by atoms with Crippen molar-refractivity contribution in [3.05, 3.63) is 35.6 Å². The molecule has 2 atom stereocenters. The molecular weight excluding hydrogens is 458 g/mol. The van der Waals surface area contributed by atoms with E-state index in [0.717, 1.165) is 39.0 Å². The molecule has 0 saturated heterocycles. The normalized spacial score (nSPS) is 13.8. The SMILES string of the molecule is CCNC(=NCC(O)c1ccc(F)cc1)NC(C)CCCN(CC)CC.I. The summed E-state index contributed by atoms with van der Waals surface area (Å²) in [5.41, 5.74) is 0.665. The van der Waals surface area contributed by atoms with Crippen molar-refractivity contribution in [1.82, 2.24) is 15.5 Å². The fourth-order valence-electron chi connectivity index (χ4n) is 2.75. The molecule has 0 radical (unpaired) electrons. The van der Waals surface area contributed by atoms with Crippen molar-refractivity contribution in [2.24, 2.45) is 4.99 Å². The summed E-state index contributed by atoms with van der Waals surface area (Å²) >= 11 is 0. The maximum Gasteiger partial charge on any atom is 0.191 e. The molecule has 27 heavy (non-hydrogen) atoms. The van der Waals surface area contributed by atoms with E-state index in [1.54, 1.807) is 12.1 Å². The number of aliphatic imine (C=N–C) groups is 1. The Bertz CT molecular complexity index is 523. The number of hydrogen-bond donors (Lipinski definition) is 3. The molecule has 0 heterocycles. The Morgan fingerprint density at radius 2 is 1.81 bits per heavy atom. The van der Waals surface area contributed by atoms with Gasteiger partial charge < -0.3 is 20.6 Å². The second-order valence-electron chi connectivity index (χ2n) is 6.50. The van der Waals surface area contributed by atoms with E-state index in [0.29, 0.717) is 17.6 Å². The first-order chi connectivity index (χ1) is 12.5. The highest BCUT2D eigenvalue weighted by Crippen LogP contribution is 2.13. The number of nitrogens with one attached hydrogen (secondary N) is 2. The van der Waals surface area contributed by atoms with Gasteiger partial charge in [-0.1, -0.05) is 26.0 Å². The highest BCUT2D eigenvalue weighted by atomic mass is 127. The molecule has 0 aromatic heterocycles. The third-order valence-corrected chi connectivity index (χ3v) is 4.41. The van der Waals surface area contributed by atoms with Crippen LogP contribution in [0.2, 0.25) is 0 Å². The number of hydrogen-bond acceptors (Lipinski definition) is 3. The van der Waals surface area contributed by atoms with Crippen LogP contribution >= 0.6 is 24.0 Å². The number of nitrogens with zero attached hydrogens (tertiary/aromatic N) is 2. The Morgan fingerprint density at radius 3 is 2.37 bits per heavy atom. The molecule has 0 aliphatic heterocycles. The highest BCUT2D eigenvalue weighted by molar-refractivity contribution is 14.0. The van der Waals surface area contributed by atoms with Gasteiger partial charge in [-0.3, -0.25) is 4.99 Å². The van der Waals surface area contributed by atoms with Crippen LogP contribution in [0.3, 0.4) is 0 Å². The van der Waals surface area contributed by atoms with E-state index >= 15 is 0 Å². The minimum atomic E-state index is -0.746. The van der Waals surface area contributed by atoms with Gasteiger partial charge in [-0.2, -0.15) is 0 Å². The predicted molar refractivity (Wildman–Crippen MR) is 122 cm³/mol. The van der Waals surface area contributed by atoms with Crippen LogP contribution in [0.25, 0.3) is 0 Å². The molecule has 156 valence electrons. The number of guanidine groups is 1. The number of halogens is 2. The van der Waals surface area contributed by atoms with Crippen molar-refractivity contribution in [3.8, 4) is 0 Å². The monoisotopic (exact) mass is 494 g/mol. The topological polar surface area (TPSA) is 59.9 Å². The van der Waals surface area contributed by atoms with Gasteiger partial charge in [0.25, 0.3) is 0 Å². The fourth-order valence-corrected chi connectivity index (χ4v) is 2.75. The molecule has 0 fully saturated rings. The van der Waals surface area contributed by atoms with Gasteiger partial charge in [0.1, 0.15) is 5.82 Å². The van der Waals surface area contributed by atoms with Crippen molar-refractivity contribution >= 4 is 29.9 Å². The Morgan fingerprint density at radius 1 is 1.19 bits per heavy atom. The summed E-state index contributed by atoms with van der Waals surface area (Å²) in [7, 11) is 0. The van der Waals surface area contributed by atoms with E-state index in [1.165, 1.54) is 12.1 Å². The minimum absolute atomic E-state index is 0. The van der Waals surface area contributed by atoms with Crippen molar-refractivity contribution < 1.29 is 9.50 Å². The third-order valence-electron chi connectivity index (χ3n) is 4.41. The lowest BCUT2D eigenvalue weighted by molar-refractivity contribution is 0.187. The summed E-state index contributed by atoms with van der Waals surface area (Å²) in [6, 6.07) is 6.18. The third kappa shape index (κ3) is 10.8. The second-order valence-corrected chi connectivity index (χ2v) is 6.50. The first kappa shape index (κ1) is 26.1. The molecule has 1 rings (SSSR count). The second kappa shape index (κ2) is 15.0. The lowest BCUT2D eigenvalue weighted by Crippen LogP contribution is -2.42. The summed E-state index contributed by atoms with van der Waals surface area (Å²) in [5.74, 6) is 0.391. The van der Waals surface area contributed by atoms with Gasteiger partial charge in [0.05, 0.1) is 12.6 Å². The average molecular weight is 494 g/mol. The Hall–Kier alpha value is -0.930. The lowest BCUT2D eigenvalue weighted by Gasteiger charge is -2.21. The fraction of sp³-hybridized carbons (Fsp3) is 0.650. The van der Waals surface area contributed by atoms with Crippen molar-refractivity contribution in [1.29, 1.82) is 0 Å². The molecule has 0 aliphatic carbocycles. The molecule has 5 nitrogen and oxygen atoms in total. The molecule has 1 aromatic rings. The quantitative estimate of drug-likeness (QED) is 0.250. The zero-order valence-electron chi connectivity index (χ0n) is 17.0. The van der Waals surface area contributed by atoms with Crippen LogP contribution in [0.4, 0.5) is 4.39 Å². The summed E-state index contributed by atoms with van der Waals surface area (Å²) in [6.45, 7) is 12.8. The number of aliphatic hydroxyl groups excluding tert-OH is 1. The molecule has 2 unspecified atom stereocenters. The number of aliphatic hydroxyl groups is 1. The predicted octanol–water partition coefficient (Wildman–Crippen LogP) is 3.54. The average Bonchev–Trinajstić information content (AvgIpc) is 2.64. The van der Waals surface area contributed by atoms with E-state index in [-0.39, 0.29) is 36.3 Å². The van der Waals surface area contributed by atoms with Gasteiger partial charge in [0.2, 0.25) is 0 Å². The molecule has 0 amide bonds. The number of rotatable bonds is 11. The van der Waals surface area contributed by atoms with E-state index in [2.05, 4.69) is 41.3 Å². The van der Waals surface area contributed by atoms with Crippen LogP contribution in [0, 0.1) is 5.82 Å². The largest absolute Gasteiger partial charge is 0.386 e. The van der Waals surface area contributed by atoms with Gasteiger partial charge in [-0.05, 0) is 64.0 Å². The zero-order chi connectivity index (χ0) is 19.4. The van der Waals surface area contributed by atoms with E-state index in [1.807, 2.05) is 6.92 Å². The smallest absolute Gasteiger partial charge is 0.191 e. The van der Waals surface area contributed by atoms with Gasteiger partial charge in [0, 0.05) is 12.6 Å². The van der Waals surface area contributed by atoms with E-state index in [9.17, 15) is 9.50 Å². The van der Waals surface area contributed by atoms with Crippen LogP contribution in [0.1, 0.15) is 52.2 Å². The molecule has 3 N–H and O–H groups in total. The molecule has 0 spiro atoms. The summed E-state index contributed by atoms with van der Waals surface area (Å²) in [5, 5.41) is 16.8. The van der Waals surface area contributed by atoms with E-state index < -0.39 is 6.10 Å². The summed E-state index contributed by atoms with van der Waals surface area (Å²) in [4.78, 5) is 6.89. The molecule has 0 saturated carbocycles. The van der Waals surface area contributed by atoms with E-state index in [4.69, 9.17) is 0 Å². The van der Waals surface area contributed by atoms with Crippen LogP contribution in [0.15, 0.2) is 29.3 Å². The molecular formula is C20H36FIN4O. The first-order valence-corrected chi connectivity index (χ1v) is 9.70. The van der Waals surface area contributed by atoms with Gasteiger partial charge >= 0.3 is 0 Å². The highest BCUT2D eigenvalue weighted by Gasteiger charge is 2.10. The maximum absolute atomic E-state index is 13.0. The molecule has 7 heteroatoms. The molecule has 1 aromatic carbocycles. The molecule has 0 bridgehead atoms. The van der Waals surface area contributed by atoms with Crippen molar-refractivity contribution in [3.63, 3.8) is 0 Å². The van der Waals surface area contributed by atoms with Crippen LogP contribution < -0.4 is 10.6 Å². The van der Waals surface area contributed by atoms with Gasteiger partial charge in [-0.15, -0.1) is 24.0 Å². The summed E-state index contributed by atoms with van der Waals surface area (Å²) < 4.78 is 13.0. The van der Waals surface area contributed by atoms with Gasteiger partial charge in [-0.25, -0.2) is 4.39 Å². The lowest BCUT2D eigenvalue weighted by atomic mass is 10.1. The Labute approximate surface area is 180 Å². The first-order valence-electron chi connectivity index (χ1n) is 9.70. The van der Waals surface area contributed by atoms with Crippen LogP contribution in [-0.2, 0) is 0 Å². The Kier molecular flexibility index (Phi) is 14.5.